The van der Waals surface area contributed by atoms with Crippen LogP contribution in [0.4, 0.5) is 10.5 Å². The highest BCUT2D eigenvalue weighted by molar-refractivity contribution is 9.10. The number of carbonyl (C=O) groups is 2. The van der Waals surface area contributed by atoms with Crippen LogP contribution in [0.1, 0.15) is 38.4 Å². The summed E-state index contributed by atoms with van der Waals surface area (Å²) in [5, 5.41) is 20.6. The Labute approximate surface area is 196 Å². The summed E-state index contributed by atoms with van der Waals surface area (Å²) in [6.45, 7) is 3.96. The molecule has 8 heteroatoms. The molecule has 0 bridgehead atoms. The van der Waals surface area contributed by atoms with Gasteiger partial charge in [-0.3, -0.25) is 5.32 Å². The Balaban J connectivity index is 2.23. The summed E-state index contributed by atoms with van der Waals surface area (Å²) in [5.41, 5.74) is 0.813. The molecule has 0 fully saturated rings. The van der Waals surface area contributed by atoms with Gasteiger partial charge in [-0.25, -0.2) is 9.59 Å². The van der Waals surface area contributed by atoms with Gasteiger partial charge in [0.2, 0.25) is 0 Å². The van der Waals surface area contributed by atoms with Crippen molar-refractivity contribution in [3.05, 3.63) is 70.7 Å². The number of hydrogen-bond donors (Lipinski definition) is 3. The molecule has 0 spiro atoms. The third-order valence-electron chi connectivity index (χ3n) is 4.76. The van der Waals surface area contributed by atoms with Gasteiger partial charge in [0.1, 0.15) is 18.5 Å². The second kappa shape index (κ2) is 12.3. The first-order chi connectivity index (χ1) is 15.2. The molecule has 2 aromatic rings. The first kappa shape index (κ1) is 25.4. The van der Waals surface area contributed by atoms with E-state index in [4.69, 9.17) is 19.7 Å². The number of aliphatic hydroxyl groups excluding tert-OH is 1. The smallest absolute Gasteiger partial charge is 0.412 e. The first-order valence-electron chi connectivity index (χ1n) is 10.2. The van der Waals surface area contributed by atoms with Crippen molar-refractivity contribution in [3.8, 4) is 5.75 Å². The maximum atomic E-state index is 12.7. The topological polar surface area (TPSA) is 105 Å². The zero-order valence-corrected chi connectivity index (χ0v) is 19.7. The van der Waals surface area contributed by atoms with Crippen molar-refractivity contribution in [1.29, 1.82) is 0 Å². The molecule has 0 unspecified atom stereocenters. The highest BCUT2D eigenvalue weighted by Gasteiger charge is 2.34. The summed E-state index contributed by atoms with van der Waals surface area (Å²) in [6.07, 6.45) is 2.55. The van der Waals surface area contributed by atoms with Crippen LogP contribution in [0.25, 0.3) is 0 Å². The molecule has 2 rings (SSSR count). The molecule has 0 saturated carbocycles. The van der Waals surface area contributed by atoms with Crippen LogP contribution in [0.15, 0.2) is 65.2 Å². The Bertz CT molecular complexity index is 926. The number of aliphatic hydroxyl groups is 1. The Morgan fingerprint density at radius 1 is 1.19 bits per heavy atom. The summed E-state index contributed by atoms with van der Waals surface area (Å²) in [5.74, 6) is -0.446. The number of nitrogens with one attached hydrogen (secondary N) is 1. The number of aliphatic carboxylic acids is 1. The number of hydrogen-bond acceptors (Lipinski definition) is 5. The quantitative estimate of drug-likeness (QED) is 0.345. The Morgan fingerprint density at radius 3 is 2.56 bits per heavy atom. The summed E-state index contributed by atoms with van der Waals surface area (Å²) < 4.78 is 12.3. The van der Waals surface area contributed by atoms with Crippen LogP contribution in [0, 0.1) is 5.41 Å². The van der Waals surface area contributed by atoms with E-state index in [0.717, 1.165) is 16.1 Å². The number of anilines is 1. The van der Waals surface area contributed by atoms with Gasteiger partial charge in [-0.05, 0) is 54.8 Å². The molecule has 0 aromatic heterocycles. The van der Waals surface area contributed by atoms with Gasteiger partial charge in [-0.15, -0.1) is 0 Å². The van der Waals surface area contributed by atoms with E-state index in [1.165, 1.54) is 0 Å². The number of amides is 1. The Morgan fingerprint density at radius 2 is 1.91 bits per heavy atom. The lowest BCUT2D eigenvalue weighted by Gasteiger charge is -2.34. The van der Waals surface area contributed by atoms with Gasteiger partial charge in [0.05, 0.1) is 6.61 Å². The molecule has 0 aliphatic carbocycles. The third-order valence-corrected chi connectivity index (χ3v) is 5.29. The van der Waals surface area contributed by atoms with Crippen LogP contribution < -0.4 is 10.1 Å². The van der Waals surface area contributed by atoms with E-state index in [2.05, 4.69) is 21.2 Å². The van der Waals surface area contributed by atoms with Crippen LogP contribution in [0.2, 0.25) is 0 Å². The number of carboxylic acids is 1. The van der Waals surface area contributed by atoms with Gasteiger partial charge < -0.3 is 19.7 Å². The van der Waals surface area contributed by atoms with Gasteiger partial charge in [0.15, 0.2) is 0 Å². The highest BCUT2D eigenvalue weighted by atomic mass is 79.9. The van der Waals surface area contributed by atoms with Crippen LogP contribution in [0.5, 0.6) is 5.75 Å². The summed E-state index contributed by atoms with van der Waals surface area (Å²) in [6, 6.07) is 14.3. The van der Waals surface area contributed by atoms with Gasteiger partial charge in [0.25, 0.3) is 0 Å². The predicted molar refractivity (Wildman–Crippen MR) is 126 cm³/mol. The maximum absolute atomic E-state index is 12.7. The highest BCUT2D eigenvalue weighted by Crippen LogP contribution is 2.41. The number of carbonyl (C=O) groups excluding carboxylic acids is 1. The van der Waals surface area contributed by atoms with Gasteiger partial charge in [0, 0.05) is 21.7 Å². The van der Waals surface area contributed by atoms with E-state index < -0.39 is 23.6 Å². The summed E-state index contributed by atoms with van der Waals surface area (Å²) in [4.78, 5) is 23.4. The lowest BCUT2D eigenvalue weighted by molar-refractivity contribution is -0.131. The molecule has 0 aliphatic heterocycles. The minimum atomic E-state index is -1.00. The molecule has 32 heavy (non-hydrogen) atoms. The van der Waals surface area contributed by atoms with Crippen LogP contribution in [0.3, 0.4) is 0 Å². The van der Waals surface area contributed by atoms with E-state index in [9.17, 15) is 9.59 Å². The van der Waals surface area contributed by atoms with Crippen molar-refractivity contribution in [2.45, 2.75) is 32.8 Å². The lowest BCUT2D eigenvalue weighted by atomic mass is 9.78. The van der Waals surface area contributed by atoms with Crippen LogP contribution in [-0.4, -0.2) is 35.5 Å². The third kappa shape index (κ3) is 8.36. The standard InChI is InChI=1S/C24H28BrNO6/c1-24(2,13-4-3-8-21(28)29)22(17-6-5-7-20(16-17)31-15-14-27)32-23(30)26-19-11-9-18(25)10-12-19/h3,5-12,16,22,27H,4,13-15H2,1-2H3,(H,26,30)(H,28,29)/b8-3+/t22-/m0/s1. The summed E-state index contributed by atoms with van der Waals surface area (Å²) in [7, 11) is 0. The van der Waals surface area contributed by atoms with E-state index in [0.29, 0.717) is 24.3 Å². The number of benzene rings is 2. The van der Waals surface area contributed by atoms with Gasteiger partial charge >= 0.3 is 12.1 Å². The fourth-order valence-electron chi connectivity index (χ4n) is 3.17. The molecular formula is C24H28BrNO6. The molecule has 172 valence electrons. The minimum absolute atomic E-state index is 0.110. The molecule has 1 atom stereocenters. The molecule has 0 heterocycles. The molecule has 0 saturated heterocycles. The van der Waals surface area contributed by atoms with Crippen molar-refractivity contribution < 1.29 is 29.3 Å². The maximum Gasteiger partial charge on any atom is 0.412 e. The molecule has 3 N–H and O–H groups in total. The van der Waals surface area contributed by atoms with E-state index in [1.54, 1.807) is 36.4 Å². The lowest BCUT2D eigenvalue weighted by Crippen LogP contribution is -2.29. The van der Waals surface area contributed by atoms with Crippen molar-refractivity contribution in [1.82, 2.24) is 0 Å². The zero-order chi connectivity index (χ0) is 23.6. The van der Waals surface area contributed by atoms with Crippen molar-refractivity contribution in [2.24, 2.45) is 5.41 Å². The average Bonchev–Trinajstić information content (AvgIpc) is 2.75. The second-order valence-corrected chi connectivity index (χ2v) is 8.75. The van der Waals surface area contributed by atoms with Crippen molar-refractivity contribution in [3.63, 3.8) is 0 Å². The molecule has 0 radical (unpaired) electrons. The fraction of sp³-hybridized carbons (Fsp3) is 0.333. The SMILES string of the molecule is CC(C)(CC/C=C/C(=O)O)[C@@H](OC(=O)Nc1ccc(Br)cc1)c1cccc(OCCO)c1. The minimum Gasteiger partial charge on any atom is -0.491 e. The van der Waals surface area contributed by atoms with E-state index in [1.807, 2.05) is 32.0 Å². The second-order valence-electron chi connectivity index (χ2n) is 7.83. The molecule has 1 amide bonds. The molecule has 7 nitrogen and oxygen atoms in total. The van der Waals surface area contributed by atoms with E-state index >= 15 is 0 Å². The number of allylic oxidation sites excluding steroid dienone is 1. The first-order valence-corrected chi connectivity index (χ1v) is 11.0. The van der Waals surface area contributed by atoms with Crippen LogP contribution >= 0.6 is 15.9 Å². The average molecular weight is 506 g/mol. The molecular weight excluding hydrogens is 478 g/mol. The van der Waals surface area contributed by atoms with Gasteiger partial charge in [-0.2, -0.15) is 0 Å². The number of ether oxygens (including phenoxy) is 2. The van der Waals surface area contributed by atoms with Crippen molar-refractivity contribution in [2.75, 3.05) is 18.5 Å². The number of halogens is 1. The molecule has 0 aliphatic rings. The van der Waals surface area contributed by atoms with E-state index in [-0.39, 0.29) is 13.2 Å². The van der Waals surface area contributed by atoms with Crippen LogP contribution in [-0.2, 0) is 9.53 Å². The number of rotatable bonds is 11. The summed E-state index contributed by atoms with van der Waals surface area (Å²) >= 11 is 3.36. The Hall–Kier alpha value is -2.84. The Kier molecular flexibility index (Phi) is 9.74. The number of carboxylic acid groups (broad SMARTS) is 1. The largest absolute Gasteiger partial charge is 0.491 e. The predicted octanol–water partition coefficient (Wildman–Crippen LogP) is 5.56. The normalized spacial score (nSPS) is 12.4. The monoisotopic (exact) mass is 505 g/mol. The zero-order valence-electron chi connectivity index (χ0n) is 18.1. The van der Waals surface area contributed by atoms with Gasteiger partial charge in [-0.1, -0.05) is 48.0 Å². The molecule has 2 aromatic carbocycles. The fourth-order valence-corrected chi connectivity index (χ4v) is 3.43. The van der Waals surface area contributed by atoms with Crippen molar-refractivity contribution >= 4 is 33.7 Å².